The lowest BCUT2D eigenvalue weighted by Gasteiger charge is -2.26. The fourth-order valence-corrected chi connectivity index (χ4v) is 2.65. The molecule has 0 bridgehead atoms. The van der Waals surface area contributed by atoms with E-state index in [1.165, 1.54) is 0 Å². The molecule has 1 heterocycles. The maximum Gasteiger partial charge on any atom is 0.306 e. The fourth-order valence-electron chi connectivity index (χ4n) is 2.65. The van der Waals surface area contributed by atoms with Crippen molar-refractivity contribution in [1.82, 2.24) is 10.3 Å². The van der Waals surface area contributed by atoms with Crippen LogP contribution in [0.1, 0.15) is 44.2 Å². The lowest BCUT2D eigenvalue weighted by Crippen LogP contribution is -2.35. The molecule has 2 rings (SSSR count). The zero-order chi connectivity index (χ0) is 14.5. The lowest BCUT2D eigenvalue weighted by atomic mass is 9.81. The number of carbonyl (C=O) groups excluding carboxylic acids is 1. The van der Waals surface area contributed by atoms with E-state index < -0.39 is 5.97 Å². The summed E-state index contributed by atoms with van der Waals surface area (Å²) in [5.74, 6) is -1.07. The summed E-state index contributed by atoms with van der Waals surface area (Å²) in [6, 6.07) is 3.70. The lowest BCUT2D eigenvalue weighted by molar-refractivity contribution is -0.144. The van der Waals surface area contributed by atoms with Crippen LogP contribution in [0.25, 0.3) is 0 Å². The first-order valence-electron chi connectivity index (χ1n) is 7.01. The number of aliphatic carboxylic acids is 1. The van der Waals surface area contributed by atoms with Gasteiger partial charge in [-0.2, -0.15) is 0 Å². The zero-order valence-corrected chi connectivity index (χ0v) is 11.6. The van der Waals surface area contributed by atoms with E-state index in [0.29, 0.717) is 25.7 Å². The van der Waals surface area contributed by atoms with Crippen molar-refractivity contribution in [3.8, 4) is 0 Å². The number of nitrogens with zero attached hydrogens (tertiary/aromatic N) is 1. The maximum atomic E-state index is 12.2. The smallest absolute Gasteiger partial charge is 0.306 e. The second-order valence-electron chi connectivity index (χ2n) is 5.40. The van der Waals surface area contributed by atoms with E-state index in [-0.39, 0.29) is 23.8 Å². The molecule has 0 aliphatic heterocycles. The average molecular weight is 276 g/mol. The maximum absolute atomic E-state index is 12.2. The molecular weight excluding hydrogens is 256 g/mol. The van der Waals surface area contributed by atoms with Crippen LogP contribution in [0.5, 0.6) is 0 Å². The number of carboxylic acid groups (broad SMARTS) is 1. The summed E-state index contributed by atoms with van der Waals surface area (Å²) in [5, 5.41) is 11.9. The van der Waals surface area contributed by atoms with Crippen molar-refractivity contribution in [3.05, 3.63) is 30.1 Å². The number of rotatable bonds is 4. The van der Waals surface area contributed by atoms with Crippen molar-refractivity contribution in [2.75, 3.05) is 0 Å². The molecule has 1 atom stereocenters. The second-order valence-corrected chi connectivity index (χ2v) is 5.40. The van der Waals surface area contributed by atoms with Gasteiger partial charge in [-0.1, -0.05) is 6.07 Å². The molecule has 2 N–H and O–H groups in total. The molecule has 1 amide bonds. The van der Waals surface area contributed by atoms with Gasteiger partial charge in [0.25, 0.3) is 0 Å². The molecule has 0 unspecified atom stereocenters. The SMILES string of the molecule is C[C@@H](NC(=O)C1CCC(C(=O)O)CC1)c1cccnc1. The predicted molar refractivity (Wildman–Crippen MR) is 73.9 cm³/mol. The Balaban J connectivity index is 1.85. The van der Waals surface area contributed by atoms with E-state index in [4.69, 9.17) is 5.11 Å². The number of carboxylic acids is 1. The monoisotopic (exact) mass is 276 g/mol. The number of nitrogens with one attached hydrogen (secondary N) is 1. The highest BCUT2D eigenvalue weighted by molar-refractivity contribution is 5.79. The molecule has 108 valence electrons. The van der Waals surface area contributed by atoms with Crippen molar-refractivity contribution in [3.63, 3.8) is 0 Å². The van der Waals surface area contributed by atoms with E-state index in [1.807, 2.05) is 19.1 Å². The van der Waals surface area contributed by atoms with Crippen molar-refractivity contribution < 1.29 is 14.7 Å². The third-order valence-corrected chi connectivity index (χ3v) is 3.99. The molecule has 1 aliphatic carbocycles. The van der Waals surface area contributed by atoms with E-state index in [2.05, 4.69) is 10.3 Å². The van der Waals surface area contributed by atoms with Gasteiger partial charge >= 0.3 is 5.97 Å². The van der Waals surface area contributed by atoms with Gasteiger partial charge in [0.2, 0.25) is 5.91 Å². The van der Waals surface area contributed by atoms with Gasteiger partial charge in [-0.25, -0.2) is 0 Å². The minimum Gasteiger partial charge on any atom is -0.481 e. The molecule has 1 aliphatic rings. The first-order chi connectivity index (χ1) is 9.58. The zero-order valence-electron chi connectivity index (χ0n) is 11.6. The summed E-state index contributed by atoms with van der Waals surface area (Å²) in [7, 11) is 0. The number of pyridine rings is 1. The molecule has 0 radical (unpaired) electrons. The van der Waals surface area contributed by atoms with Gasteiger partial charge in [-0.15, -0.1) is 0 Å². The molecule has 0 spiro atoms. The molecule has 1 fully saturated rings. The topological polar surface area (TPSA) is 79.3 Å². The van der Waals surface area contributed by atoms with Gasteiger partial charge in [0.1, 0.15) is 0 Å². The molecule has 1 saturated carbocycles. The summed E-state index contributed by atoms with van der Waals surface area (Å²) >= 11 is 0. The summed E-state index contributed by atoms with van der Waals surface area (Å²) in [6.45, 7) is 1.93. The van der Waals surface area contributed by atoms with Gasteiger partial charge in [0.15, 0.2) is 0 Å². The van der Waals surface area contributed by atoms with Crippen LogP contribution < -0.4 is 5.32 Å². The quantitative estimate of drug-likeness (QED) is 0.883. The highest BCUT2D eigenvalue weighted by Crippen LogP contribution is 2.29. The molecule has 1 aromatic heterocycles. The molecule has 1 aromatic rings. The Kier molecular flexibility index (Phi) is 4.71. The minimum atomic E-state index is -0.743. The summed E-state index contributed by atoms with van der Waals surface area (Å²) in [6.07, 6.45) is 5.94. The van der Waals surface area contributed by atoms with Crippen molar-refractivity contribution in [1.29, 1.82) is 0 Å². The number of hydrogen-bond acceptors (Lipinski definition) is 3. The van der Waals surface area contributed by atoms with Crippen molar-refractivity contribution >= 4 is 11.9 Å². The van der Waals surface area contributed by atoms with Gasteiger partial charge in [-0.05, 0) is 44.2 Å². The van der Waals surface area contributed by atoms with Gasteiger partial charge < -0.3 is 10.4 Å². The van der Waals surface area contributed by atoms with E-state index in [0.717, 1.165) is 5.56 Å². The predicted octanol–water partition coefficient (Wildman–Crippen LogP) is 2.15. The van der Waals surface area contributed by atoms with Crippen molar-refractivity contribution in [2.24, 2.45) is 11.8 Å². The van der Waals surface area contributed by atoms with E-state index in [9.17, 15) is 9.59 Å². The number of carbonyl (C=O) groups is 2. The van der Waals surface area contributed by atoms with Crippen LogP contribution in [-0.2, 0) is 9.59 Å². The summed E-state index contributed by atoms with van der Waals surface area (Å²) < 4.78 is 0. The minimum absolute atomic E-state index is 0.0187. The van der Waals surface area contributed by atoms with Crippen LogP contribution in [0, 0.1) is 11.8 Å². The third-order valence-electron chi connectivity index (χ3n) is 3.99. The Bertz CT molecular complexity index is 467. The number of aromatic nitrogens is 1. The average Bonchev–Trinajstić information content (AvgIpc) is 2.48. The second kappa shape index (κ2) is 6.50. The Morgan fingerprint density at radius 3 is 2.50 bits per heavy atom. The number of amides is 1. The Hall–Kier alpha value is -1.91. The van der Waals surface area contributed by atoms with Crippen LogP contribution in [0.15, 0.2) is 24.5 Å². The molecular formula is C15H20N2O3. The van der Waals surface area contributed by atoms with Crippen LogP contribution in [-0.4, -0.2) is 22.0 Å². The van der Waals surface area contributed by atoms with Gasteiger partial charge in [-0.3, -0.25) is 14.6 Å². The van der Waals surface area contributed by atoms with E-state index in [1.54, 1.807) is 12.4 Å². The molecule has 0 saturated heterocycles. The first kappa shape index (κ1) is 14.5. The molecule has 5 nitrogen and oxygen atoms in total. The summed E-state index contributed by atoms with van der Waals surface area (Å²) in [4.78, 5) is 27.1. The van der Waals surface area contributed by atoms with Gasteiger partial charge in [0, 0.05) is 18.3 Å². The van der Waals surface area contributed by atoms with Gasteiger partial charge in [0.05, 0.1) is 12.0 Å². The largest absolute Gasteiger partial charge is 0.481 e. The highest BCUT2D eigenvalue weighted by Gasteiger charge is 2.30. The number of hydrogen-bond donors (Lipinski definition) is 2. The van der Waals surface area contributed by atoms with Crippen molar-refractivity contribution in [2.45, 2.75) is 38.6 Å². The van der Waals surface area contributed by atoms with Crippen LogP contribution in [0.4, 0.5) is 0 Å². The summed E-state index contributed by atoms with van der Waals surface area (Å²) in [5.41, 5.74) is 0.972. The fraction of sp³-hybridized carbons (Fsp3) is 0.533. The molecule has 0 aromatic carbocycles. The van der Waals surface area contributed by atoms with Crippen LogP contribution in [0.3, 0.4) is 0 Å². The van der Waals surface area contributed by atoms with E-state index >= 15 is 0 Å². The van der Waals surface area contributed by atoms with Crippen LogP contribution in [0.2, 0.25) is 0 Å². The molecule has 20 heavy (non-hydrogen) atoms. The van der Waals surface area contributed by atoms with Crippen LogP contribution >= 0.6 is 0 Å². The highest BCUT2D eigenvalue weighted by atomic mass is 16.4. The standard InChI is InChI=1S/C15H20N2O3/c1-10(13-3-2-8-16-9-13)17-14(18)11-4-6-12(7-5-11)15(19)20/h2-3,8-12H,4-7H2,1H3,(H,17,18)(H,19,20)/t10-,11?,12?/m1/s1. The third kappa shape index (κ3) is 3.56. The Morgan fingerprint density at radius 1 is 1.30 bits per heavy atom. The molecule has 5 heteroatoms. The Labute approximate surface area is 118 Å². The first-order valence-corrected chi connectivity index (χ1v) is 7.01. The normalized spacial score (nSPS) is 23.9. The Morgan fingerprint density at radius 2 is 1.95 bits per heavy atom.